The quantitative estimate of drug-likeness (QED) is 0.775. The molecule has 5 nitrogen and oxygen atoms in total. The Kier molecular flexibility index (Phi) is 2.68. The predicted molar refractivity (Wildman–Crippen MR) is 63.0 cm³/mol. The fraction of sp³-hybridized carbons (Fsp3) is 0.500. The molecule has 0 radical (unpaired) electrons. The van der Waals surface area contributed by atoms with Crippen LogP contribution in [0.3, 0.4) is 0 Å². The second-order valence-corrected chi connectivity index (χ2v) is 4.48. The van der Waals surface area contributed by atoms with Crippen molar-refractivity contribution in [3.05, 3.63) is 34.9 Å². The Hall–Kier alpha value is -1.62. The van der Waals surface area contributed by atoms with Crippen molar-refractivity contribution < 1.29 is 4.74 Å². The first-order valence-corrected chi connectivity index (χ1v) is 5.96. The van der Waals surface area contributed by atoms with E-state index in [-0.39, 0.29) is 5.69 Å². The number of ether oxygens (including phenoxy) is 1. The van der Waals surface area contributed by atoms with Crippen LogP contribution in [0.1, 0.15) is 12.8 Å². The van der Waals surface area contributed by atoms with E-state index in [9.17, 15) is 4.79 Å². The molecule has 1 atom stereocenters. The standard InChI is InChI=1S/C12H15N3O2/c16-12-14-6-2-1-5-11(14)13-15(12)8-10-4-3-7-17-9-10/h1-2,5-6,10H,3-4,7-9H2. The van der Waals surface area contributed by atoms with Gasteiger partial charge in [0.1, 0.15) is 0 Å². The van der Waals surface area contributed by atoms with Crippen molar-refractivity contribution in [3.63, 3.8) is 0 Å². The largest absolute Gasteiger partial charge is 0.381 e. The number of hydrogen-bond acceptors (Lipinski definition) is 3. The van der Waals surface area contributed by atoms with Gasteiger partial charge in [0.15, 0.2) is 5.65 Å². The molecule has 3 heterocycles. The van der Waals surface area contributed by atoms with E-state index in [0.29, 0.717) is 18.1 Å². The number of fused-ring (bicyclic) bond motifs is 1. The van der Waals surface area contributed by atoms with Gasteiger partial charge < -0.3 is 4.74 Å². The molecule has 1 fully saturated rings. The summed E-state index contributed by atoms with van der Waals surface area (Å²) in [4.78, 5) is 12.0. The van der Waals surface area contributed by atoms with Crippen LogP contribution in [0.5, 0.6) is 0 Å². The average Bonchev–Trinajstić information content (AvgIpc) is 2.68. The van der Waals surface area contributed by atoms with Gasteiger partial charge in [-0.05, 0) is 25.0 Å². The van der Waals surface area contributed by atoms with E-state index in [1.54, 1.807) is 15.3 Å². The summed E-state index contributed by atoms with van der Waals surface area (Å²) >= 11 is 0. The lowest BCUT2D eigenvalue weighted by atomic mass is 10.0. The number of pyridine rings is 1. The SMILES string of the molecule is O=c1n(CC2CCCOC2)nc2ccccn12. The number of hydrogen-bond donors (Lipinski definition) is 0. The molecular formula is C12H15N3O2. The zero-order chi connectivity index (χ0) is 11.7. The van der Waals surface area contributed by atoms with E-state index in [0.717, 1.165) is 26.1 Å². The van der Waals surface area contributed by atoms with Crippen LogP contribution in [-0.2, 0) is 11.3 Å². The van der Waals surface area contributed by atoms with Gasteiger partial charge in [-0.2, -0.15) is 0 Å². The molecule has 5 heteroatoms. The Balaban J connectivity index is 1.89. The van der Waals surface area contributed by atoms with Gasteiger partial charge in [-0.15, -0.1) is 5.10 Å². The van der Waals surface area contributed by atoms with Crippen LogP contribution in [0.25, 0.3) is 5.65 Å². The zero-order valence-electron chi connectivity index (χ0n) is 9.58. The molecule has 0 aliphatic carbocycles. The normalized spacial score (nSPS) is 20.8. The average molecular weight is 233 g/mol. The lowest BCUT2D eigenvalue weighted by Gasteiger charge is -2.21. The van der Waals surface area contributed by atoms with Crippen LogP contribution in [0.15, 0.2) is 29.2 Å². The maximum Gasteiger partial charge on any atom is 0.350 e. The minimum Gasteiger partial charge on any atom is -0.381 e. The lowest BCUT2D eigenvalue weighted by Crippen LogP contribution is -2.28. The molecule has 2 aromatic heterocycles. The van der Waals surface area contributed by atoms with Gasteiger partial charge in [0.25, 0.3) is 0 Å². The van der Waals surface area contributed by atoms with Crippen molar-refractivity contribution in [2.45, 2.75) is 19.4 Å². The minimum absolute atomic E-state index is 0.0637. The smallest absolute Gasteiger partial charge is 0.350 e. The first kappa shape index (κ1) is 10.5. The van der Waals surface area contributed by atoms with Crippen LogP contribution in [0.4, 0.5) is 0 Å². The fourth-order valence-electron chi connectivity index (χ4n) is 2.28. The van der Waals surface area contributed by atoms with Crippen molar-refractivity contribution in [3.8, 4) is 0 Å². The molecule has 0 N–H and O–H groups in total. The fourth-order valence-corrected chi connectivity index (χ4v) is 2.28. The van der Waals surface area contributed by atoms with E-state index in [4.69, 9.17) is 4.74 Å². The monoisotopic (exact) mass is 233 g/mol. The summed E-state index contributed by atoms with van der Waals surface area (Å²) in [6.07, 6.45) is 3.94. The molecule has 0 aromatic carbocycles. The molecule has 3 rings (SSSR count). The molecular weight excluding hydrogens is 218 g/mol. The number of nitrogens with zero attached hydrogens (tertiary/aromatic N) is 3. The van der Waals surface area contributed by atoms with Crippen molar-refractivity contribution in [2.24, 2.45) is 5.92 Å². The van der Waals surface area contributed by atoms with Crippen molar-refractivity contribution in [1.82, 2.24) is 14.2 Å². The number of rotatable bonds is 2. The first-order chi connectivity index (χ1) is 8.34. The second-order valence-electron chi connectivity index (χ2n) is 4.48. The minimum atomic E-state index is -0.0637. The highest BCUT2D eigenvalue weighted by molar-refractivity contribution is 5.35. The van der Waals surface area contributed by atoms with Gasteiger partial charge in [-0.3, -0.25) is 4.40 Å². The van der Waals surface area contributed by atoms with Crippen LogP contribution in [0, 0.1) is 5.92 Å². The second kappa shape index (κ2) is 4.33. The highest BCUT2D eigenvalue weighted by Crippen LogP contribution is 2.14. The third kappa shape index (κ3) is 1.98. The Bertz CT molecular complexity index is 566. The van der Waals surface area contributed by atoms with E-state index >= 15 is 0 Å². The van der Waals surface area contributed by atoms with Gasteiger partial charge in [-0.1, -0.05) is 6.07 Å². The Morgan fingerprint density at radius 2 is 2.41 bits per heavy atom. The van der Waals surface area contributed by atoms with Gasteiger partial charge in [0, 0.05) is 18.7 Å². The molecule has 1 saturated heterocycles. The Morgan fingerprint density at radius 3 is 3.18 bits per heavy atom. The topological polar surface area (TPSA) is 48.5 Å². The maximum atomic E-state index is 12.0. The molecule has 0 amide bonds. The van der Waals surface area contributed by atoms with E-state index in [1.165, 1.54) is 0 Å². The summed E-state index contributed by atoms with van der Waals surface area (Å²) in [6.45, 7) is 2.23. The summed E-state index contributed by atoms with van der Waals surface area (Å²) in [5, 5.41) is 4.32. The number of aromatic nitrogens is 3. The van der Waals surface area contributed by atoms with E-state index < -0.39 is 0 Å². The van der Waals surface area contributed by atoms with Gasteiger partial charge in [0.05, 0.1) is 13.2 Å². The zero-order valence-corrected chi connectivity index (χ0v) is 9.58. The van der Waals surface area contributed by atoms with Crippen LogP contribution in [0.2, 0.25) is 0 Å². The Labute approximate surface area is 98.6 Å². The third-order valence-electron chi connectivity index (χ3n) is 3.17. The molecule has 1 aliphatic heterocycles. The lowest BCUT2D eigenvalue weighted by molar-refractivity contribution is 0.0466. The highest BCUT2D eigenvalue weighted by atomic mass is 16.5. The molecule has 1 aliphatic rings. The van der Waals surface area contributed by atoms with Gasteiger partial charge >= 0.3 is 5.69 Å². The van der Waals surface area contributed by atoms with E-state index in [1.807, 2.05) is 18.2 Å². The molecule has 0 bridgehead atoms. The van der Waals surface area contributed by atoms with Crippen molar-refractivity contribution in [1.29, 1.82) is 0 Å². The molecule has 90 valence electrons. The molecule has 1 unspecified atom stereocenters. The van der Waals surface area contributed by atoms with Gasteiger partial charge in [0.2, 0.25) is 0 Å². The Morgan fingerprint density at radius 1 is 1.47 bits per heavy atom. The molecule has 0 spiro atoms. The first-order valence-electron chi connectivity index (χ1n) is 5.96. The van der Waals surface area contributed by atoms with Crippen molar-refractivity contribution in [2.75, 3.05) is 13.2 Å². The summed E-state index contributed by atoms with van der Waals surface area (Å²) in [5.74, 6) is 0.409. The van der Waals surface area contributed by atoms with E-state index in [2.05, 4.69) is 5.10 Å². The summed E-state index contributed by atoms with van der Waals surface area (Å²) < 4.78 is 8.54. The maximum absolute atomic E-state index is 12.0. The van der Waals surface area contributed by atoms with Crippen molar-refractivity contribution >= 4 is 5.65 Å². The van der Waals surface area contributed by atoms with Gasteiger partial charge in [-0.25, -0.2) is 9.48 Å². The molecule has 0 saturated carbocycles. The van der Waals surface area contributed by atoms with Crippen LogP contribution in [-0.4, -0.2) is 27.4 Å². The van der Waals surface area contributed by atoms with Crippen LogP contribution >= 0.6 is 0 Å². The highest BCUT2D eigenvalue weighted by Gasteiger charge is 2.16. The third-order valence-corrected chi connectivity index (χ3v) is 3.17. The predicted octanol–water partition coefficient (Wildman–Crippen LogP) is 0.923. The molecule has 17 heavy (non-hydrogen) atoms. The summed E-state index contributed by atoms with van der Waals surface area (Å²) in [7, 11) is 0. The molecule has 2 aromatic rings. The summed E-state index contributed by atoms with van der Waals surface area (Å²) in [6, 6.07) is 5.56. The van der Waals surface area contributed by atoms with Crippen LogP contribution < -0.4 is 5.69 Å². The summed E-state index contributed by atoms with van der Waals surface area (Å²) in [5.41, 5.74) is 0.639.